The number of carbonyl (C=O) groups excluding carboxylic acids is 2. The predicted molar refractivity (Wildman–Crippen MR) is 110 cm³/mol. The van der Waals surface area contributed by atoms with Crippen molar-refractivity contribution in [3.63, 3.8) is 0 Å². The predicted octanol–water partition coefficient (Wildman–Crippen LogP) is 3.09. The lowest BCUT2D eigenvalue weighted by Crippen LogP contribution is -2.62. The highest BCUT2D eigenvalue weighted by Crippen LogP contribution is 2.40. The van der Waals surface area contributed by atoms with Crippen molar-refractivity contribution < 1.29 is 46.0 Å². The fourth-order valence-corrected chi connectivity index (χ4v) is 4.57. The third-order valence-electron chi connectivity index (χ3n) is 5.94. The summed E-state index contributed by atoms with van der Waals surface area (Å²) < 4.78 is 61.1. The average Bonchev–Trinajstić information content (AvgIpc) is 3.20. The first-order chi connectivity index (χ1) is 15.1. The van der Waals surface area contributed by atoms with Crippen LogP contribution in [0.15, 0.2) is 18.2 Å². The first kappa shape index (κ1) is 24.1. The molecule has 0 aromatic heterocycles. The Morgan fingerprint density at radius 2 is 1.94 bits per heavy atom. The Morgan fingerprint density at radius 3 is 2.56 bits per heavy atom. The lowest BCUT2D eigenvalue weighted by molar-refractivity contribution is -0.465. The van der Waals surface area contributed by atoms with E-state index in [0.29, 0.717) is 30.8 Å². The fourth-order valence-electron chi connectivity index (χ4n) is 4.57. The molecule has 1 aromatic rings. The fraction of sp³-hybridized carbons (Fsp3) is 0.571. The van der Waals surface area contributed by atoms with Gasteiger partial charge in [-0.3, -0.25) is 0 Å². The van der Waals surface area contributed by atoms with Crippen LogP contribution in [0.25, 0.3) is 0 Å². The number of rotatable bonds is 9. The molecule has 0 unspecified atom stereocenters. The van der Waals surface area contributed by atoms with E-state index in [1.54, 1.807) is 18.2 Å². The van der Waals surface area contributed by atoms with E-state index in [1.165, 1.54) is 25.7 Å². The van der Waals surface area contributed by atoms with E-state index in [4.69, 9.17) is 14.2 Å². The molecule has 1 amide bonds. The van der Waals surface area contributed by atoms with Gasteiger partial charge in [0.25, 0.3) is 5.60 Å². The minimum absolute atomic E-state index is 0.107. The number of nitrogens with zero attached hydrogens (tertiary/aromatic N) is 1. The van der Waals surface area contributed by atoms with Crippen molar-refractivity contribution in [1.82, 2.24) is 0 Å². The van der Waals surface area contributed by atoms with E-state index in [0.717, 1.165) is 17.7 Å². The minimum atomic E-state index is -5.87. The molecule has 1 fully saturated rings. The van der Waals surface area contributed by atoms with Crippen molar-refractivity contribution >= 4 is 24.8 Å². The van der Waals surface area contributed by atoms with Crippen molar-refractivity contribution in [3.8, 4) is 11.5 Å². The Bertz CT molecular complexity index is 919. The van der Waals surface area contributed by atoms with Gasteiger partial charge in [0.05, 0.1) is 20.8 Å². The van der Waals surface area contributed by atoms with Crippen molar-refractivity contribution in [3.05, 3.63) is 23.8 Å². The molecule has 1 aliphatic carbocycles. The summed E-state index contributed by atoms with van der Waals surface area (Å²) in [6, 6.07) is 5.26. The van der Waals surface area contributed by atoms with Crippen LogP contribution in [-0.2, 0) is 25.4 Å². The minimum Gasteiger partial charge on any atom is -0.493 e. The molecule has 1 aromatic carbocycles. The second-order valence-electron chi connectivity index (χ2n) is 7.86. The molecule has 3 rings (SSSR count). The van der Waals surface area contributed by atoms with Gasteiger partial charge in [-0.15, -0.1) is 0 Å². The van der Waals surface area contributed by atoms with Crippen LogP contribution in [0.3, 0.4) is 0 Å². The summed E-state index contributed by atoms with van der Waals surface area (Å²) in [6.45, 7) is 1.42. The van der Waals surface area contributed by atoms with Crippen LogP contribution in [-0.4, -0.2) is 62.3 Å². The van der Waals surface area contributed by atoms with Gasteiger partial charge in [0, 0.05) is 25.2 Å². The molecule has 0 saturated heterocycles. The quantitative estimate of drug-likeness (QED) is 0.246. The first-order valence-electron chi connectivity index (χ1n) is 10.6. The van der Waals surface area contributed by atoms with Gasteiger partial charge >= 0.3 is 19.1 Å². The van der Waals surface area contributed by atoms with Crippen molar-refractivity contribution in [2.75, 3.05) is 27.4 Å². The second kappa shape index (κ2) is 9.52. The number of methoxy groups -OCH3 is 2. The maximum absolute atomic E-state index is 13.4. The number of benzene rings is 1. The summed E-state index contributed by atoms with van der Waals surface area (Å²) in [7, 11) is -2.86. The van der Waals surface area contributed by atoms with E-state index in [-0.39, 0.29) is 25.5 Å². The molecule has 0 spiro atoms. The van der Waals surface area contributed by atoms with Crippen molar-refractivity contribution in [2.45, 2.75) is 44.6 Å². The Hall–Kier alpha value is -2.56. The highest BCUT2D eigenvalue weighted by Gasteiger charge is 2.63. The van der Waals surface area contributed by atoms with E-state index in [1.807, 2.05) is 0 Å². The third kappa shape index (κ3) is 4.77. The van der Waals surface area contributed by atoms with Crippen LogP contribution in [0.4, 0.5) is 12.9 Å². The van der Waals surface area contributed by atoms with Gasteiger partial charge in [-0.1, -0.05) is 6.07 Å². The van der Waals surface area contributed by atoms with Crippen molar-refractivity contribution in [2.24, 2.45) is 5.92 Å². The smallest absolute Gasteiger partial charge is 0.493 e. The molecule has 32 heavy (non-hydrogen) atoms. The van der Waals surface area contributed by atoms with Gasteiger partial charge in [0.1, 0.15) is 0 Å². The normalized spacial score (nSPS) is 23.2. The number of hydrogen-bond donors (Lipinski definition) is 0. The summed E-state index contributed by atoms with van der Waals surface area (Å²) >= 11 is 0. The summed E-state index contributed by atoms with van der Waals surface area (Å²) in [4.78, 5) is 26.0. The summed E-state index contributed by atoms with van der Waals surface area (Å²) in [5.41, 5.74) is -1.14. The first-order valence-corrected chi connectivity index (χ1v) is 10.6. The number of ether oxygens (including phenoxy) is 3. The largest absolute Gasteiger partial charge is 0.638 e. The van der Waals surface area contributed by atoms with E-state index < -0.39 is 24.7 Å². The number of amides is 1. The topological polar surface area (TPSA) is 74.1 Å². The summed E-state index contributed by atoms with van der Waals surface area (Å²) in [6.07, 6.45) is 1.91. The number of esters is 1. The number of hydrogen-bond acceptors (Lipinski definition) is 6. The Labute approximate surface area is 184 Å². The molecule has 1 heterocycles. The molecule has 176 valence electrons. The summed E-state index contributed by atoms with van der Waals surface area (Å²) in [5.74, 6) is -1.60. The molecule has 1 aliphatic heterocycles. The number of carbonyl (C=O) groups is 2. The average molecular weight is 457 g/mol. The molecule has 0 bridgehead atoms. The molecule has 0 N–H and O–H groups in total. The molecular formula is C21H27BF3NO6. The molecule has 0 radical (unpaired) electrons. The second-order valence-corrected chi connectivity index (χ2v) is 7.86. The van der Waals surface area contributed by atoms with Crippen LogP contribution in [0.5, 0.6) is 11.5 Å². The number of halogens is 3. The molecule has 7 nitrogen and oxygen atoms in total. The van der Waals surface area contributed by atoms with E-state index >= 15 is 0 Å². The van der Waals surface area contributed by atoms with Gasteiger partial charge in [-0.25, -0.2) is 9.59 Å². The van der Waals surface area contributed by atoms with Gasteiger partial charge < -0.3 is 31.8 Å². The van der Waals surface area contributed by atoms with E-state index in [9.17, 15) is 22.5 Å². The lowest BCUT2D eigenvalue weighted by Gasteiger charge is -2.37. The van der Waals surface area contributed by atoms with Crippen LogP contribution >= 0.6 is 0 Å². The lowest BCUT2D eigenvalue weighted by atomic mass is 9.82. The van der Waals surface area contributed by atoms with Gasteiger partial charge in [-0.2, -0.15) is 4.58 Å². The molecule has 2 aliphatic rings. The van der Waals surface area contributed by atoms with Crippen LogP contribution < -0.4 is 9.47 Å². The monoisotopic (exact) mass is 457 g/mol. The highest BCUT2D eigenvalue weighted by molar-refractivity contribution is 6.52. The summed E-state index contributed by atoms with van der Waals surface area (Å²) in [5, 5.41) is 0. The zero-order valence-electron chi connectivity index (χ0n) is 18.4. The van der Waals surface area contributed by atoms with Gasteiger partial charge in [0.15, 0.2) is 23.8 Å². The Balaban J connectivity index is 1.95. The van der Waals surface area contributed by atoms with Crippen LogP contribution in [0.2, 0.25) is 0 Å². The zero-order chi connectivity index (χ0) is 23.5. The van der Waals surface area contributed by atoms with Crippen molar-refractivity contribution in [1.29, 1.82) is 0 Å². The zero-order valence-corrected chi connectivity index (χ0v) is 18.4. The third-order valence-corrected chi connectivity index (χ3v) is 5.94. The van der Waals surface area contributed by atoms with Crippen LogP contribution in [0.1, 0.15) is 38.2 Å². The molecular weight excluding hydrogens is 430 g/mol. The van der Waals surface area contributed by atoms with Gasteiger partial charge in [0.2, 0.25) is 0 Å². The maximum atomic E-state index is 13.4. The standard InChI is InChI=1S/C21H27BF3NO6/c1-4-31-20(28)21(32-22(23,24)25)13-15-6-5-7-16(15)26(19(21)27)11-10-14-8-9-17(29-2)18(12-14)30-3/h8-9,12,15H,4-7,10-11,13H2,1-3H3/t15-,21-/m0/s1. The Kier molecular flexibility index (Phi) is 7.17. The molecule has 1 saturated carbocycles. The maximum Gasteiger partial charge on any atom is 0.638 e. The highest BCUT2D eigenvalue weighted by atomic mass is 19.4. The number of fused-ring (bicyclic) bond motifs is 1. The Morgan fingerprint density at radius 1 is 1.22 bits per heavy atom. The molecule has 2 atom stereocenters. The van der Waals surface area contributed by atoms with Crippen LogP contribution in [0, 0.1) is 5.92 Å². The van der Waals surface area contributed by atoms with E-state index in [2.05, 4.69) is 4.65 Å². The SMILES string of the molecule is CCOC(=O)[C@]1(O[B-](F)(F)F)C[C@@H]2CCCC2=[N+](CCc2ccc(OC)c(OC)c2)C1=O. The van der Waals surface area contributed by atoms with Gasteiger partial charge in [-0.05, 0) is 37.5 Å². The molecule has 11 heteroatoms.